The van der Waals surface area contributed by atoms with Crippen LogP contribution < -0.4 is 9.46 Å². The topological polar surface area (TPSA) is 96.3 Å². The molecular weight excluding hydrogens is 359 g/mol. The average molecular weight is 374 g/mol. The van der Waals surface area contributed by atoms with E-state index in [0.717, 1.165) is 17.7 Å². The summed E-state index contributed by atoms with van der Waals surface area (Å²) in [4.78, 5) is 11.8. The number of carbonyl (C=O) groups excluding carboxylic acids is 1. The largest absolute Gasteiger partial charge is 0.497 e. The van der Waals surface area contributed by atoms with Gasteiger partial charge < -0.3 is 4.74 Å². The molecule has 1 N–H and O–H groups in total. The SMILES string of the molecule is COc1cccc([C@H]2C[C@H]2C(=O)NS(=O)(=O)c2cccc(F)c2C#N)c1. The summed E-state index contributed by atoms with van der Waals surface area (Å²) in [5.74, 6) is -1.59. The van der Waals surface area contributed by atoms with Gasteiger partial charge in [-0.3, -0.25) is 4.79 Å². The Morgan fingerprint density at radius 1 is 1.31 bits per heavy atom. The molecule has 2 aromatic carbocycles. The molecule has 1 fully saturated rings. The predicted octanol–water partition coefficient (Wildman–Crippen LogP) is 2.31. The first-order chi connectivity index (χ1) is 12.4. The number of nitriles is 1. The minimum absolute atomic E-state index is 0.108. The first kappa shape index (κ1) is 17.9. The number of methoxy groups -OCH3 is 1. The molecule has 0 bridgehead atoms. The van der Waals surface area contributed by atoms with Gasteiger partial charge in [0.1, 0.15) is 28.1 Å². The van der Waals surface area contributed by atoms with Gasteiger partial charge in [0.25, 0.3) is 10.0 Å². The second kappa shape index (κ2) is 6.77. The Morgan fingerprint density at radius 2 is 2.04 bits per heavy atom. The molecule has 0 spiro atoms. The quantitative estimate of drug-likeness (QED) is 0.866. The van der Waals surface area contributed by atoms with E-state index in [-0.39, 0.29) is 5.92 Å². The first-order valence-corrected chi connectivity index (χ1v) is 9.25. The highest BCUT2D eigenvalue weighted by Gasteiger charge is 2.45. The third-order valence-corrected chi connectivity index (χ3v) is 5.65. The molecule has 2 atom stereocenters. The summed E-state index contributed by atoms with van der Waals surface area (Å²) in [6, 6.07) is 12.0. The van der Waals surface area contributed by atoms with Gasteiger partial charge in [0.2, 0.25) is 5.91 Å². The molecule has 0 radical (unpaired) electrons. The van der Waals surface area contributed by atoms with E-state index >= 15 is 0 Å². The van der Waals surface area contributed by atoms with Crippen molar-refractivity contribution in [2.24, 2.45) is 5.92 Å². The zero-order valence-electron chi connectivity index (χ0n) is 13.8. The van der Waals surface area contributed by atoms with Gasteiger partial charge in [0.05, 0.1) is 7.11 Å². The van der Waals surface area contributed by atoms with Crippen molar-refractivity contribution in [3.05, 3.63) is 59.4 Å². The molecule has 2 aromatic rings. The molecule has 0 heterocycles. The second-order valence-electron chi connectivity index (χ2n) is 5.92. The zero-order valence-corrected chi connectivity index (χ0v) is 14.6. The number of carbonyl (C=O) groups is 1. The smallest absolute Gasteiger partial charge is 0.265 e. The normalized spacial score (nSPS) is 18.7. The van der Waals surface area contributed by atoms with E-state index in [9.17, 15) is 17.6 Å². The molecule has 6 nitrogen and oxygen atoms in total. The van der Waals surface area contributed by atoms with Gasteiger partial charge in [-0.15, -0.1) is 0 Å². The highest BCUT2D eigenvalue weighted by molar-refractivity contribution is 7.90. The summed E-state index contributed by atoms with van der Waals surface area (Å²) in [6.45, 7) is 0. The third kappa shape index (κ3) is 3.39. The maximum Gasteiger partial charge on any atom is 0.265 e. The summed E-state index contributed by atoms with van der Waals surface area (Å²) in [7, 11) is -2.80. The molecule has 1 saturated carbocycles. The minimum Gasteiger partial charge on any atom is -0.497 e. The number of rotatable bonds is 5. The summed E-state index contributed by atoms with van der Waals surface area (Å²) < 4.78 is 45.5. The van der Waals surface area contributed by atoms with Crippen molar-refractivity contribution < 1.29 is 22.3 Å². The fraction of sp³-hybridized carbons (Fsp3) is 0.222. The maximum absolute atomic E-state index is 13.6. The first-order valence-electron chi connectivity index (χ1n) is 7.76. The Kier molecular flexibility index (Phi) is 4.66. The van der Waals surface area contributed by atoms with Crippen LogP contribution in [0.15, 0.2) is 47.4 Å². The van der Waals surface area contributed by atoms with E-state index in [2.05, 4.69) is 0 Å². The number of halogens is 1. The number of sulfonamides is 1. The highest BCUT2D eigenvalue weighted by Crippen LogP contribution is 2.48. The van der Waals surface area contributed by atoms with E-state index < -0.39 is 38.1 Å². The van der Waals surface area contributed by atoms with Gasteiger partial charge in [0.15, 0.2) is 0 Å². The maximum atomic E-state index is 13.6. The third-order valence-electron chi connectivity index (χ3n) is 4.26. The van der Waals surface area contributed by atoms with E-state index in [0.29, 0.717) is 12.2 Å². The molecule has 0 aliphatic heterocycles. The molecule has 134 valence electrons. The number of amides is 1. The van der Waals surface area contributed by atoms with Crippen LogP contribution in [-0.4, -0.2) is 21.4 Å². The van der Waals surface area contributed by atoms with E-state index in [4.69, 9.17) is 10.00 Å². The fourth-order valence-corrected chi connectivity index (χ4v) is 4.02. The average Bonchev–Trinajstić information content (AvgIpc) is 3.42. The van der Waals surface area contributed by atoms with Crippen LogP contribution in [0.4, 0.5) is 4.39 Å². The van der Waals surface area contributed by atoms with Crippen LogP contribution in [-0.2, 0) is 14.8 Å². The van der Waals surface area contributed by atoms with Crippen LogP contribution in [0.1, 0.15) is 23.5 Å². The standard InChI is InChI=1S/C18H15FN2O4S/c1-25-12-5-2-4-11(8-12)13-9-14(13)18(22)21-26(23,24)17-7-3-6-16(19)15(17)10-20/h2-8,13-14H,9H2,1H3,(H,21,22)/t13-,14-/m1/s1. The Hall–Kier alpha value is -2.92. The Labute approximate surface area is 150 Å². The van der Waals surface area contributed by atoms with Gasteiger partial charge in [-0.05, 0) is 42.2 Å². The van der Waals surface area contributed by atoms with Crippen LogP contribution in [0.3, 0.4) is 0 Å². The van der Waals surface area contributed by atoms with Crippen LogP contribution in [0.25, 0.3) is 0 Å². The summed E-state index contributed by atoms with van der Waals surface area (Å²) >= 11 is 0. The van der Waals surface area contributed by atoms with E-state index in [1.165, 1.54) is 19.2 Å². The molecular formula is C18H15FN2O4S. The lowest BCUT2D eigenvalue weighted by molar-refractivity contribution is -0.120. The van der Waals surface area contributed by atoms with Gasteiger partial charge in [-0.2, -0.15) is 5.26 Å². The fourth-order valence-electron chi connectivity index (χ4n) is 2.83. The molecule has 0 unspecified atom stereocenters. The van der Waals surface area contributed by atoms with E-state index in [1.807, 2.05) is 10.8 Å². The zero-order chi connectivity index (χ0) is 18.9. The van der Waals surface area contributed by atoms with Crippen molar-refractivity contribution >= 4 is 15.9 Å². The van der Waals surface area contributed by atoms with Crippen molar-refractivity contribution in [1.29, 1.82) is 5.26 Å². The van der Waals surface area contributed by atoms with Crippen LogP contribution in [0, 0.1) is 23.1 Å². The predicted molar refractivity (Wildman–Crippen MR) is 90.3 cm³/mol. The lowest BCUT2D eigenvalue weighted by atomic mass is 10.1. The van der Waals surface area contributed by atoms with Gasteiger partial charge in [-0.1, -0.05) is 18.2 Å². The second-order valence-corrected chi connectivity index (χ2v) is 7.57. The number of nitrogens with zero attached hydrogens (tertiary/aromatic N) is 1. The molecule has 0 aromatic heterocycles. The minimum atomic E-state index is -4.33. The van der Waals surface area contributed by atoms with Crippen molar-refractivity contribution in [3.63, 3.8) is 0 Å². The Bertz CT molecular complexity index is 1010. The van der Waals surface area contributed by atoms with Crippen molar-refractivity contribution in [2.45, 2.75) is 17.2 Å². The van der Waals surface area contributed by atoms with Gasteiger partial charge in [0, 0.05) is 5.92 Å². The van der Waals surface area contributed by atoms with Crippen LogP contribution >= 0.6 is 0 Å². The molecule has 8 heteroatoms. The molecule has 3 rings (SSSR count). The van der Waals surface area contributed by atoms with Crippen LogP contribution in [0.5, 0.6) is 5.75 Å². The number of hydrogen-bond acceptors (Lipinski definition) is 5. The summed E-state index contributed by atoms with van der Waals surface area (Å²) in [5, 5.41) is 8.98. The molecule has 1 aliphatic rings. The van der Waals surface area contributed by atoms with Gasteiger partial charge in [-0.25, -0.2) is 17.5 Å². The summed E-state index contributed by atoms with van der Waals surface area (Å²) in [5.41, 5.74) is 0.262. The Morgan fingerprint density at radius 3 is 2.73 bits per heavy atom. The van der Waals surface area contributed by atoms with Crippen molar-refractivity contribution in [2.75, 3.05) is 7.11 Å². The number of hydrogen-bond donors (Lipinski definition) is 1. The lowest BCUT2D eigenvalue weighted by Crippen LogP contribution is -2.32. The highest BCUT2D eigenvalue weighted by atomic mass is 32.2. The number of ether oxygens (including phenoxy) is 1. The Balaban J connectivity index is 1.77. The monoisotopic (exact) mass is 374 g/mol. The number of nitrogens with one attached hydrogen (secondary N) is 1. The molecule has 1 aliphatic carbocycles. The van der Waals surface area contributed by atoms with E-state index in [1.54, 1.807) is 18.2 Å². The molecule has 26 heavy (non-hydrogen) atoms. The molecule has 0 saturated heterocycles. The van der Waals surface area contributed by atoms with Crippen LogP contribution in [0.2, 0.25) is 0 Å². The van der Waals surface area contributed by atoms with Crippen molar-refractivity contribution in [1.82, 2.24) is 4.72 Å². The number of benzene rings is 2. The van der Waals surface area contributed by atoms with Gasteiger partial charge >= 0.3 is 0 Å². The molecule has 1 amide bonds. The van der Waals surface area contributed by atoms with Crippen molar-refractivity contribution in [3.8, 4) is 11.8 Å². The summed E-state index contributed by atoms with van der Waals surface area (Å²) in [6.07, 6.45) is 0.503. The lowest BCUT2D eigenvalue weighted by Gasteiger charge is -2.09.